The number of pyridine rings is 1. The summed E-state index contributed by atoms with van der Waals surface area (Å²) < 4.78 is 28.1. The molecule has 1 aromatic heterocycles. The van der Waals surface area contributed by atoms with E-state index < -0.39 is 10.0 Å². The lowest BCUT2D eigenvalue weighted by Crippen LogP contribution is -2.45. The third kappa shape index (κ3) is 4.22. The first-order valence-electron chi connectivity index (χ1n) is 10.1. The Morgan fingerprint density at radius 3 is 2.70 bits per heavy atom. The number of sulfonamides is 1. The number of benzene rings is 2. The van der Waals surface area contributed by atoms with Gasteiger partial charge in [0.15, 0.2) is 0 Å². The Morgan fingerprint density at radius 1 is 1.13 bits per heavy atom. The lowest BCUT2D eigenvalue weighted by molar-refractivity contribution is -0.126. The van der Waals surface area contributed by atoms with Crippen molar-refractivity contribution in [2.24, 2.45) is 5.92 Å². The molecule has 1 amide bonds. The number of aromatic nitrogens is 1. The smallest absolute Gasteiger partial charge is 0.245 e. The summed E-state index contributed by atoms with van der Waals surface area (Å²) in [5, 5.41) is 3.74. The Bertz CT molecular complexity index is 1150. The largest absolute Gasteiger partial charge is 0.352 e. The number of rotatable bonds is 5. The van der Waals surface area contributed by atoms with E-state index in [2.05, 4.69) is 10.3 Å². The Labute approximate surface area is 177 Å². The summed E-state index contributed by atoms with van der Waals surface area (Å²) in [6.07, 6.45) is 2.93. The van der Waals surface area contributed by atoms with Crippen molar-refractivity contribution in [2.75, 3.05) is 13.1 Å². The van der Waals surface area contributed by atoms with Crippen molar-refractivity contribution >= 4 is 26.8 Å². The molecule has 0 unspecified atom stereocenters. The minimum atomic E-state index is -3.74. The normalized spacial score (nSPS) is 17.7. The van der Waals surface area contributed by atoms with E-state index in [-0.39, 0.29) is 23.3 Å². The fourth-order valence-corrected chi connectivity index (χ4v) is 5.53. The van der Waals surface area contributed by atoms with E-state index in [0.29, 0.717) is 31.4 Å². The molecule has 1 aliphatic rings. The van der Waals surface area contributed by atoms with Crippen LogP contribution in [-0.2, 0) is 21.4 Å². The number of para-hydroxylation sites is 1. The highest BCUT2D eigenvalue weighted by Gasteiger charge is 2.34. The highest BCUT2D eigenvalue weighted by Crippen LogP contribution is 2.28. The minimum absolute atomic E-state index is 0.105. The molecule has 30 heavy (non-hydrogen) atoms. The molecule has 4 rings (SSSR count). The molecule has 1 aliphatic heterocycles. The number of piperidine rings is 1. The lowest BCUT2D eigenvalue weighted by Gasteiger charge is -2.31. The second-order valence-corrected chi connectivity index (χ2v) is 9.64. The molecule has 0 radical (unpaired) electrons. The highest BCUT2D eigenvalue weighted by atomic mass is 32.2. The maximum absolute atomic E-state index is 13.3. The number of nitrogens with one attached hydrogen (secondary N) is 1. The van der Waals surface area contributed by atoms with Gasteiger partial charge in [0.2, 0.25) is 15.9 Å². The van der Waals surface area contributed by atoms with Gasteiger partial charge in [0, 0.05) is 31.2 Å². The van der Waals surface area contributed by atoms with Gasteiger partial charge in [-0.15, -0.1) is 0 Å². The van der Waals surface area contributed by atoms with Gasteiger partial charge in [-0.05, 0) is 37.5 Å². The molecule has 6 nitrogen and oxygen atoms in total. The van der Waals surface area contributed by atoms with Crippen molar-refractivity contribution in [1.29, 1.82) is 0 Å². The summed E-state index contributed by atoms with van der Waals surface area (Å²) in [6, 6.07) is 16.8. The van der Waals surface area contributed by atoms with E-state index in [1.165, 1.54) is 9.87 Å². The summed E-state index contributed by atoms with van der Waals surface area (Å²) in [5.41, 5.74) is 2.66. The Balaban J connectivity index is 1.48. The first-order valence-corrected chi connectivity index (χ1v) is 11.6. The fraction of sp³-hybridized carbons (Fsp3) is 0.304. The number of aryl methyl sites for hydroxylation is 1. The number of fused-ring (bicyclic) bond motifs is 1. The van der Waals surface area contributed by atoms with Crippen molar-refractivity contribution in [1.82, 2.24) is 14.6 Å². The summed E-state index contributed by atoms with van der Waals surface area (Å²) in [5.74, 6) is -0.464. The van der Waals surface area contributed by atoms with Crippen LogP contribution in [0.25, 0.3) is 10.9 Å². The summed E-state index contributed by atoms with van der Waals surface area (Å²) in [4.78, 5) is 17.2. The molecule has 7 heteroatoms. The van der Waals surface area contributed by atoms with E-state index in [1.54, 1.807) is 24.4 Å². The predicted molar refractivity (Wildman–Crippen MR) is 116 cm³/mol. The zero-order valence-electron chi connectivity index (χ0n) is 16.9. The minimum Gasteiger partial charge on any atom is -0.352 e. The van der Waals surface area contributed by atoms with Crippen molar-refractivity contribution in [3.8, 4) is 0 Å². The van der Waals surface area contributed by atoms with E-state index in [4.69, 9.17) is 0 Å². The summed E-state index contributed by atoms with van der Waals surface area (Å²) in [6.45, 7) is 3.05. The van der Waals surface area contributed by atoms with E-state index in [0.717, 1.165) is 10.9 Å². The van der Waals surface area contributed by atoms with Crippen LogP contribution in [0.1, 0.15) is 24.0 Å². The zero-order chi connectivity index (χ0) is 21.1. The molecular formula is C23H25N3O3S. The molecule has 0 aliphatic carbocycles. The van der Waals surface area contributed by atoms with Crippen LogP contribution in [0.4, 0.5) is 0 Å². The van der Waals surface area contributed by atoms with E-state index in [1.807, 2.05) is 43.3 Å². The van der Waals surface area contributed by atoms with Crippen molar-refractivity contribution in [3.05, 3.63) is 71.9 Å². The van der Waals surface area contributed by atoms with Crippen LogP contribution in [0.15, 0.2) is 65.7 Å². The molecule has 1 saturated heterocycles. The molecule has 2 heterocycles. The summed E-state index contributed by atoms with van der Waals surface area (Å²) >= 11 is 0. The van der Waals surface area contributed by atoms with Crippen LogP contribution in [0.3, 0.4) is 0 Å². The molecule has 3 aromatic rings. The first-order chi connectivity index (χ1) is 14.4. The summed E-state index contributed by atoms with van der Waals surface area (Å²) in [7, 11) is -3.74. The molecule has 2 aromatic carbocycles. The maximum atomic E-state index is 13.3. The molecule has 0 bridgehead atoms. The third-order valence-corrected chi connectivity index (χ3v) is 7.45. The van der Waals surface area contributed by atoms with Crippen molar-refractivity contribution in [2.45, 2.75) is 31.2 Å². The average molecular weight is 424 g/mol. The maximum Gasteiger partial charge on any atom is 0.245 e. The number of hydrogen-bond acceptors (Lipinski definition) is 4. The number of hydrogen-bond donors (Lipinski definition) is 1. The Kier molecular flexibility index (Phi) is 5.83. The quantitative estimate of drug-likeness (QED) is 0.683. The first kappa shape index (κ1) is 20.5. The average Bonchev–Trinajstić information content (AvgIpc) is 2.78. The zero-order valence-corrected chi connectivity index (χ0v) is 17.7. The van der Waals surface area contributed by atoms with Crippen LogP contribution in [0.5, 0.6) is 0 Å². The topological polar surface area (TPSA) is 79.4 Å². The third-order valence-electron chi connectivity index (χ3n) is 5.56. The van der Waals surface area contributed by atoms with Gasteiger partial charge >= 0.3 is 0 Å². The molecule has 0 saturated carbocycles. The number of amides is 1. The van der Waals surface area contributed by atoms with Gasteiger partial charge in [-0.3, -0.25) is 9.78 Å². The van der Waals surface area contributed by atoms with Gasteiger partial charge in [-0.25, -0.2) is 8.42 Å². The standard InChI is InChI=1S/C23H25N3O3S/c1-17-9-11-18(12-10-17)15-25-23(27)20-7-4-14-26(16-20)30(28,29)21-8-2-5-19-6-3-13-24-22(19)21/h2-3,5-6,8-13,20H,4,7,14-16H2,1H3,(H,25,27)/t20-/m0/s1. The molecule has 1 N–H and O–H groups in total. The van der Waals surface area contributed by atoms with Crippen LogP contribution in [-0.4, -0.2) is 36.7 Å². The van der Waals surface area contributed by atoms with Crippen LogP contribution in [0, 0.1) is 12.8 Å². The Morgan fingerprint density at radius 2 is 1.90 bits per heavy atom. The lowest BCUT2D eigenvalue weighted by atomic mass is 9.98. The van der Waals surface area contributed by atoms with E-state index >= 15 is 0 Å². The van der Waals surface area contributed by atoms with Crippen LogP contribution >= 0.6 is 0 Å². The van der Waals surface area contributed by atoms with Gasteiger partial charge < -0.3 is 5.32 Å². The monoisotopic (exact) mass is 423 g/mol. The highest BCUT2D eigenvalue weighted by molar-refractivity contribution is 7.89. The number of carbonyl (C=O) groups is 1. The van der Waals surface area contributed by atoms with Gasteiger partial charge in [-0.1, -0.05) is 48.0 Å². The van der Waals surface area contributed by atoms with Gasteiger partial charge in [0.05, 0.1) is 11.4 Å². The SMILES string of the molecule is Cc1ccc(CNC(=O)[C@H]2CCCN(S(=O)(=O)c3cccc4cccnc34)C2)cc1. The predicted octanol–water partition coefficient (Wildman–Crippen LogP) is 3.26. The molecule has 156 valence electrons. The van der Waals surface area contributed by atoms with Crippen LogP contribution in [0.2, 0.25) is 0 Å². The van der Waals surface area contributed by atoms with Crippen LogP contribution < -0.4 is 5.32 Å². The van der Waals surface area contributed by atoms with Crippen molar-refractivity contribution < 1.29 is 13.2 Å². The molecule has 0 spiro atoms. The van der Waals surface area contributed by atoms with Gasteiger partial charge in [0.25, 0.3) is 0 Å². The Hall–Kier alpha value is -2.77. The van der Waals surface area contributed by atoms with Gasteiger partial charge in [0.1, 0.15) is 4.90 Å². The second kappa shape index (κ2) is 8.53. The molecular weight excluding hydrogens is 398 g/mol. The fourth-order valence-electron chi connectivity index (χ4n) is 3.84. The van der Waals surface area contributed by atoms with Gasteiger partial charge in [-0.2, -0.15) is 4.31 Å². The second-order valence-electron chi connectivity index (χ2n) is 7.74. The molecule has 1 fully saturated rings. The number of carbonyl (C=O) groups excluding carboxylic acids is 1. The number of nitrogens with zero attached hydrogens (tertiary/aromatic N) is 2. The van der Waals surface area contributed by atoms with Crippen molar-refractivity contribution in [3.63, 3.8) is 0 Å². The van der Waals surface area contributed by atoms with E-state index in [9.17, 15) is 13.2 Å². The molecule has 1 atom stereocenters.